The number of hydrogen-bond donors (Lipinski definition) is 1. The van der Waals surface area contributed by atoms with Crippen LogP contribution in [0.3, 0.4) is 0 Å². The summed E-state index contributed by atoms with van der Waals surface area (Å²) in [7, 11) is 0. The summed E-state index contributed by atoms with van der Waals surface area (Å²) in [6.45, 7) is 0. The molecule has 1 saturated heterocycles. The lowest BCUT2D eigenvalue weighted by Crippen LogP contribution is -2.54. The summed E-state index contributed by atoms with van der Waals surface area (Å²) in [4.78, 5) is 36.6. The number of para-hydroxylation sites is 3. The highest BCUT2D eigenvalue weighted by atomic mass is 35.5. The monoisotopic (exact) mass is 590 g/mol. The standard InChI is InChI=1S/C27H15ClN4O4S3/c28-22-21(38-27(30-22)39-26-29-19-8-4-5-9-20(19)36-26)14-18-23(33)31-25(37)32(24(18)34)15-10-12-17(13-11-15)35-16-6-2-1-3-7-16/h1-14H,(H,31,33,37)/b18-14+. The third-order valence-corrected chi connectivity index (χ3v) is 8.09. The Morgan fingerprint density at radius 1 is 0.974 bits per heavy atom. The van der Waals surface area contributed by atoms with Crippen molar-refractivity contribution in [3.8, 4) is 11.5 Å². The first-order valence-corrected chi connectivity index (χ1v) is 13.8. The van der Waals surface area contributed by atoms with Gasteiger partial charge in [-0.15, -0.1) is 11.3 Å². The lowest BCUT2D eigenvalue weighted by Gasteiger charge is -2.28. The van der Waals surface area contributed by atoms with Crippen molar-refractivity contribution in [1.82, 2.24) is 15.3 Å². The predicted octanol–water partition coefficient (Wildman–Crippen LogP) is 6.71. The number of thiocarbonyl (C=S) groups is 1. The average molecular weight is 591 g/mol. The Hall–Kier alpha value is -4.03. The molecule has 0 bridgehead atoms. The molecule has 0 atom stereocenters. The third-order valence-electron chi connectivity index (χ3n) is 5.49. The molecule has 6 rings (SSSR count). The van der Waals surface area contributed by atoms with E-state index in [1.54, 1.807) is 24.3 Å². The number of carbonyl (C=O) groups excluding carboxylic acids is 2. The molecule has 5 aromatic rings. The molecule has 2 aromatic heterocycles. The molecule has 0 aliphatic carbocycles. The molecular formula is C27H15ClN4O4S3. The molecule has 12 heteroatoms. The van der Waals surface area contributed by atoms with Gasteiger partial charge in [0.1, 0.15) is 27.7 Å². The van der Waals surface area contributed by atoms with Gasteiger partial charge in [-0.1, -0.05) is 41.9 Å². The number of benzene rings is 3. The Balaban J connectivity index is 1.23. The van der Waals surface area contributed by atoms with Crippen molar-refractivity contribution >= 4 is 86.7 Å². The van der Waals surface area contributed by atoms with Gasteiger partial charge in [-0.2, -0.15) is 0 Å². The first-order valence-electron chi connectivity index (χ1n) is 11.4. The van der Waals surface area contributed by atoms with E-state index in [4.69, 9.17) is 33.0 Å². The van der Waals surface area contributed by atoms with E-state index in [0.29, 0.717) is 37.2 Å². The van der Waals surface area contributed by atoms with Gasteiger partial charge in [0, 0.05) is 11.8 Å². The number of thiazole rings is 1. The van der Waals surface area contributed by atoms with Gasteiger partial charge >= 0.3 is 0 Å². The second-order valence-electron chi connectivity index (χ2n) is 8.05. The number of nitrogens with one attached hydrogen (secondary N) is 1. The van der Waals surface area contributed by atoms with Crippen LogP contribution in [0.1, 0.15) is 4.88 Å². The first-order chi connectivity index (χ1) is 18.9. The van der Waals surface area contributed by atoms with Crippen LogP contribution in [0.15, 0.2) is 98.4 Å². The fraction of sp³-hybridized carbons (Fsp3) is 0. The minimum atomic E-state index is -0.622. The quantitative estimate of drug-likeness (QED) is 0.132. The van der Waals surface area contributed by atoms with Gasteiger partial charge in [0.05, 0.1) is 10.6 Å². The van der Waals surface area contributed by atoms with Crippen LogP contribution in [0.4, 0.5) is 5.69 Å². The van der Waals surface area contributed by atoms with Gasteiger partial charge in [0.15, 0.2) is 15.0 Å². The number of amides is 2. The average Bonchev–Trinajstić information content (AvgIpc) is 3.49. The van der Waals surface area contributed by atoms with Gasteiger partial charge in [-0.25, -0.2) is 9.97 Å². The second-order valence-corrected chi connectivity index (χ2v) is 11.0. The lowest BCUT2D eigenvalue weighted by molar-refractivity contribution is -0.122. The minimum Gasteiger partial charge on any atom is -0.457 e. The van der Waals surface area contributed by atoms with Gasteiger partial charge < -0.3 is 9.15 Å². The zero-order valence-electron chi connectivity index (χ0n) is 19.7. The van der Waals surface area contributed by atoms with Crippen molar-refractivity contribution in [2.75, 3.05) is 4.90 Å². The number of fused-ring (bicyclic) bond motifs is 1. The van der Waals surface area contributed by atoms with Crippen LogP contribution in [-0.2, 0) is 9.59 Å². The van der Waals surface area contributed by atoms with E-state index in [9.17, 15) is 9.59 Å². The Morgan fingerprint density at radius 2 is 1.69 bits per heavy atom. The van der Waals surface area contributed by atoms with Gasteiger partial charge in [0.2, 0.25) is 0 Å². The number of ether oxygens (including phenoxy) is 1. The normalized spacial score (nSPS) is 14.7. The van der Waals surface area contributed by atoms with E-state index in [1.807, 2.05) is 54.6 Å². The summed E-state index contributed by atoms with van der Waals surface area (Å²) >= 11 is 14.1. The molecule has 0 radical (unpaired) electrons. The molecule has 8 nitrogen and oxygen atoms in total. The summed E-state index contributed by atoms with van der Waals surface area (Å²) in [5.41, 5.74) is 1.73. The molecule has 2 amide bonds. The largest absolute Gasteiger partial charge is 0.457 e. The molecule has 1 fully saturated rings. The highest BCUT2D eigenvalue weighted by molar-refractivity contribution is 8.00. The summed E-state index contributed by atoms with van der Waals surface area (Å²) in [6.07, 6.45) is 1.41. The molecule has 39 heavy (non-hydrogen) atoms. The Bertz CT molecular complexity index is 1730. The van der Waals surface area contributed by atoms with E-state index < -0.39 is 11.8 Å². The number of oxazole rings is 1. The number of nitrogens with zero attached hydrogens (tertiary/aromatic N) is 3. The number of hydrogen-bond acceptors (Lipinski definition) is 9. The molecule has 3 heterocycles. The molecule has 1 aliphatic rings. The maximum Gasteiger partial charge on any atom is 0.270 e. The third kappa shape index (κ3) is 5.30. The zero-order valence-corrected chi connectivity index (χ0v) is 22.9. The van der Waals surface area contributed by atoms with Crippen LogP contribution in [0.25, 0.3) is 17.2 Å². The van der Waals surface area contributed by atoms with Gasteiger partial charge in [-0.3, -0.25) is 19.8 Å². The van der Waals surface area contributed by atoms with Crippen LogP contribution in [0.5, 0.6) is 11.5 Å². The zero-order chi connectivity index (χ0) is 26.9. The molecule has 192 valence electrons. The maximum atomic E-state index is 13.4. The second kappa shape index (κ2) is 10.6. The molecule has 0 spiro atoms. The minimum absolute atomic E-state index is 0.0264. The van der Waals surface area contributed by atoms with Crippen molar-refractivity contribution in [2.24, 2.45) is 0 Å². The van der Waals surface area contributed by atoms with Crippen molar-refractivity contribution in [3.63, 3.8) is 0 Å². The van der Waals surface area contributed by atoms with Crippen molar-refractivity contribution in [2.45, 2.75) is 9.56 Å². The van der Waals surface area contributed by atoms with Crippen molar-refractivity contribution < 1.29 is 18.7 Å². The van der Waals surface area contributed by atoms with Crippen molar-refractivity contribution in [3.05, 3.63) is 94.5 Å². The first kappa shape index (κ1) is 25.3. The molecule has 1 aliphatic heterocycles. The molecule has 0 saturated carbocycles. The topological polar surface area (TPSA) is 97.6 Å². The molecular weight excluding hydrogens is 576 g/mol. The molecule has 3 aromatic carbocycles. The van der Waals surface area contributed by atoms with E-state index in [1.165, 1.54) is 34.1 Å². The van der Waals surface area contributed by atoms with Crippen LogP contribution >= 0.6 is 46.9 Å². The van der Waals surface area contributed by atoms with Crippen LogP contribution in [-0.4, -0.2) is 26.9 Å². The Kier molecular flexibility index (Phi) is 6.88. The van der Waals surface area contributed by atoms with Gasteiger partial charge in [0.25, 0.3) is 17.0 Å². The fourth-order valence-electron chi connectivity index (χ4n) is 3.71. The van der Waals surface area contributed by atoms with Crippen LogP contribution in [0.2, 0.25) is 5.15 Å². The number of aromatic nitrogens is 2. The predicted molar refractivity (Wildman–Crippen MR) is 154 cm³/mol. The maximum absolute atomic E-state index is 13.4. The summed E-state index contributed by atoms with van der Waals surface area (Å²) in [6, 6.07) is 23.5. The highest BCUT2D eigenvalue weighted by Gasteiger charge is 2.35. The van der Waals surface area contributed by atoms with E-state index in [0.717, 1.165) is 5.52 Å². The highest BCUT2D eigenvalue weighted by Crippen LogP contribution is 2.37. The number of anilines is 1. The van der Waals surface area contributed by atoms with Crippen molar-refractivity contribution in [1.29, 1.82) is 0 Å². The van der Waals surface area contributed by atoms with Gasteiger partial charge in [-0.05, 0) is 66.8 Å². The summed E-state index contributed by atoms with van der Waals surface area (Å²) in [5.74, 6) is 0.0592. The van der Waals surface area contributed by atoms with E-state index in [-0.39, 0.29) is 15.8 Å². The Morgan fingerprint density at radius 3 is 2.46 bits per heavy atom. The fourth-order valence-corrected chi connectivity index (χ4v) is 6.19. The van der Waals surface area contributed by atoms with E-state index in [2.05, 4.69) is 15.3 Å². The Labute approximate surface area is 240 Å². The van der Waals surface area contributed by atoms with Crippen LogP contribution < -0.4 is 15.0 Å². The lowest BCUT2D eigenvalue weighted by atomic mass is 10.1. The SMILES string of the molecule is O=C1NC(=S)N(c2ccc(Oc3ccccc3)cc2)C(=O)/C1=C/c1sc(Sc2nc3ccccc3o2)nc1Cl. The molecule has 1 N–H and O–H groups in total. The number of carbonyl (C=O) groups is 2. The van der Waals surface area contributed by atoms with E-state index >= 15 is 0 Å². The smallest absolute Gasteiger partial charge is 0.270 e. The number of halogens is 1. The number of rotatable bonds is 6. The molecule has 0 unspecified atom stereocenters. The summed E-state index contributed by atoms with van der Waals surface area (Å²) < 4.78 is 12.1. The van der Waals surface area contributed by atoms with Crippen LogP contribution in [0, 0.1) is 0 Å². The summed E-state index contributed by atoms with van der Waals surface area (Å²) in [5, 5.41) is 3.10.